The van der Waals surface area contributed by atoms with Crippen LogP contribution in [0.2, 0.25) is 0 Å². The van der Waals surface area contributed by atoms with Crippen molar-refractivity contribution in [1.82, 2.24) is 9.88 Å². The highest BCUT2D eigenvalue weighted by molar-refractivity contribution is 5.38. The molecule has 132 valence electrons. The SMILES string of the molecule is CC.CC(C)CCCOCCN1CCN(c2ccccn2)CC1. The van der Waals surface area contributed by atoms with Gasteiger partial charge in [-0.1, -0.05) is 33.8 Å². The van der Waals surface area contributed by atoms with E-state index in [0.717, 1.165) is 57.7 Å². The third kappa shape index (κ3) is 8.33. The van der Waals surface area contributed by atoms with Crippen LogP contribution in [0.3, 0.4) is 0 Å². The van der Waals surface area contributed by atoms with Gasteiger partial charge in [0.1, 0.15) is 5.82 Å². The third-order valence-electron chi connectivity index (χ3n) is 3.97. The standard InChI is InChI=1S/C17H29N3O.C2H6/c1-16(2)6-5-14-21-15-13-19-9-11-20(12-10-19)17-7-3-4-8-18-17;1-2/h3-4,7-8,16H,5-6,9-15H2,1-2H3;1-2H3. The molecule has 4 nitrogen and oxygen atoms in total. The van der Waals surface area contributed by atoms with Crippen LogP contribution in [0.25, 0.3) is 0 Å². The van der Waals surface area contributed by atoms with Crippen molar-refractivity contribution in [1.29, 1.82) is 0 Å². The van der Waals surface area contributed by atoms with Crippen molar-refractivity contribution in [3.8, 4) is 0 Å². The van der Waals surface area contributed by atoms with Gasteiger partial charge in [-0.15, -0.1) is 0 Å². The average Bonchev–Trinajstić information content (AvgIpc) is 2.61. The lowest BCUT2D eigenvalue weighted by molar-refractivity contribution is 0.0971. The van der Waals surface area contributed by atoms with Crippen molar-refractivity contribution >= 4 is 5.82 Å². The molecule has 0 bridgehead atoms. The zero-order valence-electron chi connectivity index (χ0n) is 15.5. The molecule has 0 aliphatic carbocycles. The first kappa shape index (κ1) is 19.9. The minimum Gasteiger partial charge on any atom is -0.380 e. The second kappa shape index (κ2) is 12.3. The Labute approximate surface area is 142 Å². The molecular formula is C19H35N3O. The zero-order chi connectivity index (χ0) is 16.9. The fourth-order valence-corrected chi connectivity index (χ4v) is 2.63. The van der Waals surface area contributed by atoms with Crippen molar-refractivity contribution in [2.45, 2.75) is 40.5 Å². The number of piperazine rings is 1. The van der Waals surface area contributed by atoms with Gasteiger partial charge in [0.05, 0.1) is 6.61 Å². The van der Waals surface area contributed by atoms with Crippen molar-refractivity contribution < 1.29 is 4.74 Å². The van der Waals surface area contributed by atoms with Gasteiger partial charge in [-0.2, -0.15) is 0 Å². The Hall–Kier alpha value is -1.13. The lowest BCUT2D eigenvalue weighted by Gasteiger charge is -2.35. The molecule has 1 aliphatic heterocycles. The lowest BCUT2D eigenvalue weighted by atomic mass is 10.1. The molecule has 23 heavy (non-hydrogen) atoms. The molecule has 1 aliphatic rings. The summed E-state index contributed by atoms with van der Waals surface area (Å²) in [6, 6.07) is 6.11. The Morgan fingerprint density at radius 1 is 1.09 bits per heavy atom. The fraction of sp³-hybridized carbons (Fsp3) is 0.737. The molecule has 0 atom stereocenters. The molecule has 1 aromatic rings. The maximum absolute atomic E-state index is 5.73. The van der Waals surface area contributed by atoms with Crippen molar-refractivity contribution in [2.75, 3.05) is 50.8 Å². The number of hydrogen-bond acceptors (Lipinski definition) is 4. The van der Waals surface area contributed by atoms with Crippen molar-refractivity contribution in [3.05, 3.63) is 24.4 Å². The van der Waals surface area contributed by atoms with Crippen LogP contribution in [0.5, 0.6) is 0 Å². The lowest BCUT2D eigenvalue weighted by Crippen LogP contribution is -2.47. The summed E-state index contributed by atoms with van der Waals surface area (Å²) in [4.78, 5) is 9.27. The quantitative estimate of drug-likeness (QED) is 0.683. The van der Waals surface area contributed by atoms with Gasteiger partial charge < -0.3 is 9.64 Å². The van der Waals surface area contributed by atoms with Crippen LogP contribution in [-0.4, -0.2) is 55.8 Å². The minimum absolute atomic E-state index is 0.785. The maximum atomic E-state index is 5.73. The maximum Gasteiger partial charge on any atom is 0.128 e. The molecule has 1 fully saturated rings. The van der Waals surface area contributed by atoms with Crippen molar-refractivity contribution in [2.24, 2.45) is 5.92 Å². The van der Waals surface area contributed by atoms with E-state index < -0.39 is 0 Å². The topological polar surface area (TPSA) is 28.6 Å². The summed E-state index contributed by atoms with van der Waals surface area (Å²) in [5, 5.41) is 0. The fourth-order valence-electron chi connectivity index (χ4n) is 2.63. The summed E-state index contributed by atoms with van der Waals surface area (Å²) in [5.41, 5.74) is 0. The third-order valence-corrected chi connectivity index (χ3v) is 3.97. The van der Waals surface area contributed by atoms with E-state index in [0.29, 0.717) is 0 Å². The molecular weight excluding hydrogens is 286 g/mol. The Balaban J connectivity index is 0.00000127. The van der Waals surface area contributed by atoms with E-state index in [1.807, 2.05) is 26.1 Å². The number of nitrogens with zero attached hydrogens (tertiary/aromatic N) is 3. The average molecular weight is 322 g/mol. The smallest absolute Gasteiger partial charge is 0.128 e. The van der Waals surface area contributed by atoms with Gasteiger partial charge >= 0.3 is 0 Å². The molecule has 0 radical (unpaired) electrons. The van der Waals surface area contributed by atoms with E-state index in [9.17, 15) is 0 Å². The largest absolute Gasteiger partial charge is 0.380 e. The molecule has 0 saturated carbocycles. The van der Waals surface area contributed by atoms with Crippen LogP contribution >= 0.6 is 0 Å². The molecule has 0 spiro atoms. The van der Waals surface area contributed by atoms with Crippen LogP contribution in [-0.2, 0) is 4.74 Å². The second-order valence-corrected chi connectivity index (χ2v) is 6.17. The van der Waals surface area contributed by atoms with Crippen LogP contribution in [0, 0.1) is 5.92 Å². The number of rotatable bonds is 8. The van der Waals surface area contributed by atoms with Gasteiger partial charge in [0.2, 0.25) is 0 Å². The van der Waals surface area contributed by atoms with Gasteiger partial charge in [0, 0.05) is 45.5 Å². The van der Waals surface area contributed by atoms with E-state index in [-0.39, 0.29) is 0 Å². The Morgan fingerprint density at radius 3 is 2.43 bits per heavy atom. The van der Waals surface area contributed by atoms with E-state index in [4.69, 9.17) is 4.74 Å². The van der Waals surface area contributed by atoms with Crippen LogP contribution in [0.1, 0.15) is 40.5 Å². The van der Waals surface area contributed by atoms with Gasteiger partial charge in [0.25, 0.3) is 0 Å². The molecule has 2 heterocycles. The van der Waals surface area contributed by atoms with Crippen LogP contribution in [0.4, 0.5) is 5.82 Å². The summed E-state index contributed by atoms with van der Waals surface area (Å²) < 4.78 is 5.73. The minimum atomic E-state index is 0.785. The summed E-state index contributed by atoms with van der Waals surface area (Å²) in [6.45, 7) is 15.7. The summed E-state index contributed by atoms with van der Waals surface area (Å²) in [5.74, 6) is 1.88. The van der Waals surface area contributed by atoms with E-state index in [1.54, 1.807) is 0 Å². The normalized spacial score (nSPS) is 15.4. The molecule has 1 saturated heterocycles. The Bertz CT molecular complexity index is 375. The van der Waals surface area contributed by atoms with E-state index in [1.165, 1.54) is 12.8 Å². The first-order valence-corrected chi connectivity index (χ1v) is 9.22. The molecule has 4 heteroatoms. The summed E-state index contributed by atoms with van der Waals surface area (Å²) in [6.07, 6.45) is 4.32. The molecule has 2 rings (SSSR count). The van der Waals surface area contributed by atoms with Gasteiger partial charge in [-0.05, 0) is 30.9 Å². The molecule has 0 unspecified atom stereocenters. The molecule has 0 aromatic carbocycles. The predicted molar refractivity (Wildman–Crippen MR) is 99.1 cm³/mol. The molecule has 1 aromatic heterocycles. The first-order chi connectivity index (χ1) is 11.3. The van der Waals surface area contributed by atoms with Crippen LogP contribution in [0.15, 0.2) is 24.4 Å². The van der Waals surface area contributed by atoms with Gasteiger partial charge in [-0.25, -0.2) is 4.98 Å². The van der Waals surface area contributed by atoms with Crippen LogP contribution < -0.4 is 4.90 Å². The number of ether oxygens (including phenoxy) is 1. The van der Waals surface area contributed by atoms with Gasteiger partial charge in [-0.3, -0.25) is 4.90 Å². The molecule has 0 N–H and O–H groups in total. The van der Waals surface area contributed by atoms with Gasteiger partial charge in [0.15, 0.2) is 0 Å². The Morgan fingerprint density at radius 2 is 1.83 bits per heavy atom. The highest BCUT2D eigenvalue weighted by Gasteiger charge is 2.17. The highest BCUT2D eigenvalue weighted by Crippen LogP contribution is 2.12. The van der Waals surface area contributed by atoms with Crippen molar-refractivity contribution in [3.63, 3.8) is 0 Å². The van der Waals surface area contributed by atoms with E-state index >= 15 is 0 Å². The zero-order valence-corrected chi connectivity index (χ0v) is 15.5. The Kier molecular flexibility index (Phi) is 10.7. The number of pyridine rings is 1. The number of anilines is 1. The summed E-state index contributed by atoms with van der Waals surface area (Å²) in [7, 11) is 0. The summed E-state index contributed by atoms with van der Waals surface area (Å²) >= 11 is 0. The number of hydrogen-bond donors (Lipinski definition) is 0. The monoisotopic (exact) mass is 321 g/mol. The van der Waals surface area contributed by atoms with E-state index in [2.05, 4.69) is 40.8 Å². The number of aromatic nitrogens is 1. The first-order valence-electron chi connectivity index (χ1n) is 9.22. The predicted octanol–water partition coefficient (Wildman–Crippen LogP) is 3.68. The highest BCUT2D eigenvalue weighted by atomic mass is 16.5. The second-order valence-electron chi connectivity index (χ2n) is 6.17. The molecule has 0 amide bonds.